The Balaban J connectivity index is 1.76. The van der Waals surface area contributed by atoms with Crippen LogP contribution in [0, 0.1) is 0 Å². The lowest BCUT2D eigenvalue weighted by Gasteiger charge is -2.06. The molecule has 0 aliphatic carbocycles. The molecule has 0 saturated carbocycles. The van der Waals surface area contributed by atoms with E-state index in [-0.39, 0.29) is 17.5 Å². The molecule has 7 nitrogen and oxygen atoms in total. The second-order valence-corrected chi connectivity index (χ2v) is 5.95. The molecule has 128 valence electrons. The third-order valence-corrected chi connectivity index (χ3v) is 3.97. The van der Waals surface area contributed by atoms with Gasteiger partial charge in [-0.2, -0.15) is 9.50 Å². The number of halogens is 1. The van der Waals surface area contributed by atoms with Crippen molar-refractivity contribution in [3.8, 4) is 11.4 Å². The van der Waals surface area contributed by atoms with E-state index in [0.717, 1.165) is 5.56 Å². The van der Waals surface area contributed by atoms with Crippen LogP contribution in [0.4, 0.5) is 5.82 Å². The summed E-state index contributed by atoms with van der Waals surface area (Å²) < 4.78 is 1.38. The molecule has 0 aliphatic heterocycles. The number of aromatic amines is 1. The Labute approximate surface area is 152 Å². The summed E-state index contributed by atoms with van der Waals surface area (Å²) in [5.41, 5.74) is 0.814. The first-order chi connectivity index (χ1) is 12.6. The van der Waals surface area contributed by atoms with Crippen LogP contribution in [0.5, 0.6) is 0 Å². The molecule has 2 aromatic heterocycles. The van der Waals surface area contributed by atoms with Crippen molar-refractivity contribution >= 4 is 29.1 Å². The molecular formula is C18H12ClN5O2. The van der Waals surface area contributed by atoms with Gasteiger partial charge in [-0.1, -0.05) is 29.8 Å². The van der Waals surface area contributed by atoms with Crippen LogP contribution in [-0.2, 0) is 0 Å². The van der Waals surface area contributed by atoms with Crippen molar-refractivity contribution in [1.29, 1.82) is 0 Å². The van der Waals surface area contributed by atoms with Crippen LogP contribution in [-0.4, -0.2) is 25.5 Å². The fraction of sp³-hybridized carbons (Fsp3) is 0. The molecule has 26 heavy (non-hydrogen) atoms. The molecule has 0 aliphatic rings. The van der Waals surface area contributed by atoms with Gasteiger partial charge in [0.05, 0.1) is 0 Å². The molecule has 0 unspecified atom stereocenters. The van der Waals surface area contributed by atoms with E-state index in [9.17, 15) is 9.59 Å². The van der Waals surface area contributed by atoms with E-state index in [1.54, 1.807) is 48.5 Å². The number of hydrogen-bond donors (Lipinski definition) is 2. The highest BCUT2D eigenvalue weighted by atomic mass is 35.5. The number of nitrogens with one attached hydrogen (secondary N) is 2. The zero-order chi connectivity index (χ0) is 18.1. The molecule has 2 heterocycles. The summed E-state index contributed by atoms with van der Waals surface area (Å²) in [6.45, 7) is 0. The van der Waals surface area contributed by atoms with Gasteiger partial charge in [0, 0.05) is 22.2 Å². The molecule has 4 aromatic rings. The smallest absolute Gasteiger partial charge is 0.256 e. The summed E-state index contributed by atoms with van der Waals surface area (Å²) in [6.07, 6.45) is 0. The number of carbonyl (C=O) groups excluding carboxylic acids is 1. The zero-order valence-corrected chi connectivity index (χ0v) is 14.1. The Morgan fingerprint density at radius 2 is 1.81 bits per heavy atom. The van der Waals surface area contributed by atoms with Crippen molar-refractivity contribution in [3.63, 3.8) is 0 Å². The summed E-state index contributed by atoms with van der Waals surface area (Å²) in [7, 11) is 0. The Morgan fingerprint density at radius 1 is 1.08 bits per heavy atom. The lowest BCUT2D eigenvalue weighted by atomic mass is 10.2. The molecule has 0 bridgehead atoms. The fourth-order valence-electron chi connectivity index (χ4n) is 2.48. The second kappa shape index (κ2) is 6.45. The Hall–Kier alpha value is -3.45. The van der Waals surface area contributed by atoms with Crippen LogP contribution >= 0.6 is 11.6 Å². The van der Waals surface area contributed by atoms with Crippen molar-refractivity contribution in [1.82, 2.24) is 19.6 Å². The van der Waals surface area contributed by atoms with Gasteiger partial charge in [-0.3, -0.25) is 14.6 Å². The molecule has 0 atom stereocenters. The van der Waals surface area contributed by atoms with E-state index in [4.69, 9.17) is 11.6 Å². The minimum absolute atomic E-state index is 0.227. The number of H-pyrrole nitrogens is 1. The van der Waals surface area contributed by atoms with Crippen molar-refractivity contribution in [2.45, 2.75) is 0 Å². The summed E-state index contributed by atoms with van der Waals surface area (Å²) in [5.74, 6) is 0.510. The van der Waals surface area contributed by atoms with E-state index in [0.29, 0.717) is 16.4 Å². The van der Waals surface area contributed by atoms with E-state index < -0.39 is 5.56 Å². The number of anilines is 1. The quantitative estimate of drug-likeness (QED) is 0.583. The zero-order valence-electron chi connectivity index (χ0n) is 13.3. The number of fused-ring (bicyclic) bond motifs is 1. The summed E-state index contributed by atoms with van der Waals surface area (Å²) >= 11 is 5.90. The van der Waals surface area contributed by atoms with Crippen molar-refractivity contribution in [2.24, 2.45) is 0 Å². The van der Waals surface area contributed by atoms with Gasteiger partial charge in [-0.25, -0.2) is 0 Å². The first-order valence-electron chi connectivity index (χ1n) is 7.72. The van der Waals surface area contributed by atoms with Crippen LogP contribution in [0.2, 0.25) is 5.02 Å². The van der Waals surface area contributed by atoms with E-state index in [1.807, 2.05) is 6.07 Å². The summed E-state index contributed by atoms with van der Waals surface area (Å²) in [4.78, 5) is 31.2. The third-order valence-electron chi connectivity index (χ3n) is 3.72. The Bertz CT molecular complexity index is 1150. The second-order valence-electron chi connectivity index (χ2n) is 5.52. The van der Waals surface area contributed by atoms with Gasteiger partial charge in [0.1, 0.15) is 5.82 Å². The average Bonchev–Trinajstić information content (AvgIpc) is 3.07. The third kappa shape index (κ3) is 3.07. The molecule has 4 rings (SSSR count). The molecule has 0 saturated heterocycles. The van der Waals surface area contributed by atoms with Gasteiger partial charge in [0.15, 0.2) is 5.82 Å². The van der Waals surface area contributed by atoms with Crippen LogP contribution in [0.1, 0.15) is 10.4 Å². The van der Waals surface area contributed by atoms with Gasteiger partial charge < -0.3 is 5.32 Å². The first kappa shape index (κ1) is 16.0. The normalized spacial score (nSPS) is 10.8. The number of nitrogens with zero attached hydrogens (tertiary/aromatic N) is 3. The Kier molecular flexibility index (Phi) is 3.98. The van der Waals surface area contributed by atoms with E-state index in [1.165, 1.54) is 10.6 Å². The topological polar surface area (TPSA) is 92.1 Å². The number of benzene rings is 2. The van der Waals surface area contributed by atoms with Crippen LogP contribution < -0.4 is 10.9 Å². The number of rotatable bonds is 3. The average molecular weight is 366 g/mol. The highest BCUT2D eigenvalue weighted by Gasteiger charge is 2.13. The predicted molar refractivity (Wildman–Crippen MR) is 98.4 cm³/mol. The summed E-state index contributed by atoms with van der Waals surface area (Å²) in [5, 5.41) is 7.67. The van der Waals surface area contributed by atoms with Gasteiger partial charge in [-0.05, 0) is 36.4 Å². The number of carbonyl (C=O) groups is 1. The highest BCUT2D eigenvalue weighted by Crippen LogP contribution is 2.19. The maximum absolute atomic E-state index is 12.4. The standard InChI is InChI=1S/C18H12ClN5O2/c19-13-8-6-11(7-9-13)16-22-18-21-15(25)10-14(24(18)23-16)20-17(26)12-4-2-1-3-5-12/h1-10H,(H,20,26)(H,21,22,23,25). The van der Waals surface area contributed by atoms with Gasteiger partial charge in [-0.15, -0.1) is 5.10 Å². The van der Waals surface area contributed by atoms with Crippen LogP contribution in [0.15, 0.2) is 65.5 Å². The van der Waals surface area contributed by atoms with Gasteiger partial charge >= 0.3 is 0 Å². The van der Waals surface area contributed by atoms with Crippen molar-refractivity contribution < 1.29 is 4.79 Å². The molecule has 2 aromatic carbocycles. The molecule has 1 amide bonds. The lowest BCUT2D eigenvalue weighted by molar-refractivity contribution is 0.102. The maximum atomic E-state index is 12.4. The van der Waals surface area contributed by atoms with Gasteiger partial charge in [0.25, 0.3) is 11.5 Å². The SMILES string of the molecule is O=C(Nc1cc(=O)[nH]c2nc(-c3ccc(Cl)cc3)nn12)c1ccccc1. The predicted octanol–water partition coefficient (Wildman–Crippen LogP) is 2.99. The van der Waals surface area contributed by atoms with Gasteiger partial charge in [0.2, 0.25) is 5.78 Å². The van der Waals surface area contributed by atoms with Crippen LogP contribution in [0.25, 0.3) is 17.2 Å². The molecule has 8 heteroatoms. The minimum atomic E-state index is -0.393. The van der Waals surface area contributed by atoms with Crippen molar-refractivity contribution in [3.05, 3.63) is 81.6 Å². The molecular weight excluding hydrogens is 354 g/mol. The van der Waals surface area contributed by atoms with E-state index in [2.05, 4.69) is 20.4 Å². The number of hydrogen-bond acceptors (Lipinski definition) is 4. The monoisotopic (exact) mass is 365 g/mol. The Morgan fingerprint density at radius 3 is 2.54 bits per heavy atom. The maximum Gasteiger partial charge on any atom is 0.256 e. The molecule has 0 radical (unpaired) electrons. The number of amides is 1. The highest BCUT2D eigenvalue weighted by molar-refractivity contribution is 6.30. The van der Waals surface area contributed by atoms with Crippen LogP contribution in [0.3, 0.4) is 0 Å². The first-order valence-corrected chi connectivity index (χ1v) is 8.10. The minimum Gasteiger partial charge on any atom is -0.306 e. The molecule has 0 spiro atoms. The molecule has 0 fully saturated rings. The fourth-order valence-corrected chi connectivity index (χ4v) is 2.61. The van der Waals surface area contributed by atoms with E-state index >= 15 is 0 Å². The molecule has 2 N–H and O–H groups in total. The summed E-state index contributed by atoms with van der Waals surface area (Å²) in [6, 6.07) is 17.0. The van der Waals surface area contributed by atoms with Crippen molar-refractivity contribution in [2.75, 3.05) is 5.32 Å². The largest absolute Gasteiger partial charge is 0.306 e. The lowest BCUT2D eigenvalue weighted by Crippen LogP contribution is -2.18. The number of aromatic nitrogens is 4.